The zero-order valence-corrected chi connectivity index (χ0v) is 7.71. The van der Waals surface area contributed by atoms with Gasteiger partial charge in [-0.2, -0.15) is 0 Å². The second-order valence-corrected chi connectivity index (χ2v) is 3.05. The molecule has 1 rings (SSSR count). The molecule has 2 N–H and O–H groups in total. The van der Waals surface area contributed by atoms with Gasteiger partial charge >= 0.3 is 0 Å². The van der Waals surface area contributed by atoms with Gasteiger partial charge in [0.2, 0.25) is 0 Å². The molecule has 0 amide bonds. The van der Waals surface area contributed by atoms with Crippen LogP contribution in [-0.4, -0.2) is 4.98 Å². The second kappa shape index (κ2) is 3.59. The molecule has 5 heteroatoms. The molecule has 1 aromatic rings. The van der Waals surface area contributed by atoms with Gasteiger partial charge in [-0.1, -0.05) is 34.8 Å². The summed E-state index contributed by atoms with van der Waals surface area (Å²) in [6.45, 7) is 0.260. The van der Waals surface area contributed by atoms with E-state index in [4.69, 9.17) is 40.5 Å². The van der Waals surface area contributed by atoms with Gasteiger partial charge in [0.15, 0.2) is 0 Å². The zero-order chi connectivity index (χ0) is 8.43. The zero-order valence-electron chi connectivity index (χ0n) is 5.44. The smallest absolute Gasteiger partial charge is 0.0836 e. The number of nitrogens with zero attached hydrogens (tertiary/aromatic N) is 1. The van der Waals surface area contributed by atoms with Crippen LogP contribution >= 0.6 is 34.8 Å². The number of rotatable bonds is 1. The van der Waals surface area contributed by atoms with Crippen LogP contribution in [0.25, 0.3) is 0 Å². The van der Waals surface area contributed by atoms with E-state index >= 15 is 0 Å². The minimum Gasteiger partial charge on any atom is -0.325 e. The fourth-order valence-corrected chi connectivity index (χ4v) is 1.20. The lowest BCUT2D eigenvalue weighted by molar-refractivity contribution is 0.991. The van der Waals surface area contributed by atoms with Crippen molar-refractivity contribution in [1.82, 2.24) is 4.98 Å². The molecule has 0 aliphatic heterocycles. The summed E-state index contributed by atoms with van der Waals surface area (Å²) >= 11 is 17.1. The number of halogens is 3. The quantitative estimate of drug-likeness (QED) is 0.775. The second-order valence-electron chi connectivity index (χ2n) is 1.88. The molecule has 60 valence electrons. The highest BCUT2D eigenvalue weighted by atomic mass is 35.5. The third kappa shape index (κ3) is 1.76. The Kier molecular flexibility index (Phi) is 2.96. The van der Waals surface area contributed by atoms with Gasteiger partial charge in [0.25, 0.3) is 0 Å². The van der Waals surface area contributed by atoms with Crippen molar-refractivity contribution in [3.8, 4) is 0 Å². The molecular weight excluding hydrogens is 206 g/mol. The van der Waals surface area contributed by atoms with Crippen LogP contribution in [-0.2, 0) is 6.54 Å². The normalized spacial score (nSPS) is 10.2. The molecule has 0 aliphatic carbocycles. The maximum absolute atomic E-state index is 5.74. The summed E-state index contributed by atoms with van der Waals surface area (Å²) in [5, 5.41) is 0.985. The summed E-state index contributed by atoms with van der Waals surface area (Å²) in [7, 11) is 0. The molecule has 0 aromatic carbocycles. The van der Waals surface area contributed by atoms with Crippen molar-refractivity contribution in [3.05, 3.63) is 27.0 Å². The van der Waals surface area contributed by atoms with Crippen molar-refractivity contribution in [1.29, 1.82) is 0 Å². The molecule has 1 heterocycles. The number of pyridine rings is 1. The molecule has 0 radical (unpaired) electrons. The molecule has 0 bridgehead atoms. The predicted molar refractivity (Wildman–Crippen MR) is 47.2 cm³/mol. The SMILES string of the molecule is NCc1ncc(Cl)c(Cl)c1Cl. The summed E-state index contributed by atoms with van der Waals surface area (Å²) in [5.41, 5.74) is 5.88. The largest absolute Gasteiger partial charge is 0.325 e. The molecule has 11 heavy (non-hydrogen) atoms. The van der Waals surface area contributed by atoms with Crippen LogP contribution in [0.15, 0.2) is 6.20 Å². The monoisotopic (exact) mass is 210 g/mol. The van der Waals surface area contributed by atoms with E-state index in [-0.39, 0.29) is 6.54 Å². The Morgan fingerprint density at radius 2 is 1.91 bits per heavy atom. The van der Waals surface area contributed by atoms with Gasteiger partial charge in [0, 0.05) is 12.7 Å². The third-order valence-corrected chi connectivity index (χ3v) is 2.46. The lowest BCUT2D eigenvalue weighted by atomic mass is 10.3. The molecule has 0 saturated carbocycles. The number of aromatic nitrogens is 1. The predicted octanol–water partition coefficient (Wildman–Crippen LogP) is 2.50. The Balaban J connectivity index is 3.25. The van der Waals surface area contributed by atoms with Crippen molar-refractivity contribution in [2.24, 2.45) is 5.73 Å². The Morgan fingerprint density at radius 1 is 1.27 bits per heavy atom. The first kappa shape index (κ1) is 9.07. The lowest BCUT2D eigenvalue weighted by Crippen LogP contribution is -2.00. The average Bonchev–Trinajstić information content (AvgIpc) is 2.01. The van der Waals surface area contributed by atoms with Gasteiger partial charge < -0.3 is 5.73 Å². The van der Waals surface area contributed by atoms with Crippen molar-refractivity contribution in [3.63, 3.8) is 0 Å². The Labute approximate surface area is 79.3 Å². The summed E-state index contributed by atoms with van der Waals surface area (Å²) < 4.78 is 0. The van der Waals surface area contributed by atoms with Crippen LogP contribution in [0, 0.1) is 0 Å². The molecule has 0 fully saturated rings. The van der Waals surface area contributed by atoms with Crippen LogP contribution in [0.1, 0.15) is 5.69 Å². The van der Waals surface area contributed by atoms with Crippen LogP contribution in [0.4, 0.5) is 0 Å². The number of nitrogens with two attached hydrogens (primary N) is 1. The maximum Gasteiger partial charge on any atom is 0.0836 e. The van der Waals surface area contributed by atoms with E-state index in [1.807, 2.05) is 0 Å². The fraction of sp³-hybridized carbons (Fsp3) is 0.167. The fourth-order valence-electron chi connectivity index (χ4n) is 0.622. The number of hydrogen-bond donors (Lipinski definition) is 1. The topological polar surface area (TPSA) is 38.9 Å². The highest BCUT2D eigenvalue weighted by Gasteiger charge is 2.07. The molecule has 2 nitrogen and oxygen atoms in total. The van der Waals surface area contributed by atoms with Gasteiger partial charge in [-0.25, -0.2) is 0 Å². The van der Waals surface area contributed by atoms with E-state index in [0.717, 1.165) is 0 Å². The summed E-state index contributed by atoms with van der Waals surface area (Å²) in [5.74, 6) is 0. The first-order valence-electron chi connectivity index (χ1n) is 2.85. The highest BCUT2D eigenvalue weighted by Crippen LogP contribution is 2.30. The van der Waals surface area contributed by atoms with Gasteiger partial charge in [-0.3, -0.25) is 4.98 Å². The van der Waals surface area contributed by atoms with Crippen LogP contribution in [0.3, 0.4) is 0 Å². The van der Waals surface area contributed by atoms with E-state index in [2.05, 4.69) is 4.98 Å². The van der Waals surface area contributed by atoms with Gasteiger partial charge in [-0.15, -0.1) is 0 Å². The molecule has 0 saturated heterocycles. The van der Waals surface area contributed by atoms with Gasteiger partial charge in [-0.05, 0) is 0 Å². The average molecular weight is 211 g/mol. The molecule has 0 atom stereocenters. The van der Waals surface area contributed by atoms with Crippen molar-refractivity contribution in [2.45, 2.75) is 6.54 Å². The number of hydrogen-bond acceptors (Lipinski definition) is 2. The van der Waals surface area contributed by atoms with E-state index < -0.39 is 0 Å². The first-order valence-corrected chi connectivity index (χ1v) is 3.98. The maximum atomic E-state index is 5.74. The van der Waals surface area contributed by atoms with Crippen LogP contribution in [0.5, 0.6) is 0 Å². The van der Waals surface area contributed by atoms with Gasteiger partial charge in [0.1, 0.15) is 0 Å². The van der Waals surface area contributed by atoms with Crippen molar-refractivity contribution < 1.29 is 0 Å². The van der Waals surface area contributed by atoms with Crippen LogP contribution in [0.2, 0.25) is 15.1 Å². The van der Waals surface area contributed by atoms with E-state index in [9.17, 15) is 0 Å². The minimum atomic E-state index is 0.260. The van der Waals surface area contributed by atoms with E-state index in [1.54, 1.807) is 0 Å². The standard InChI is InChI=1S/C6H5Cl3N2/c7-3-2-11-4(1-10)6(9)5(3)8/h2H,1,10H2. The van der Waals surface area contributed by atoms with Gasteiger partial charge in [0.05, 0.1) is 20.8 Å². The molecule has 0 spiro atoms. The summed E-state index contributed by atoms with van der Waals surface area (Å²) in [6, 6.07) is 0. The first-order chi connectivity index (χ1) is 5.16. The minimum absolute atomic E-state index is 0.260. The molecule has 0 unspecified atom stereocenters. The highest BCUT2D eigenvalue weighted by molar-refractivity contribution is 6.48. The van der Waals surface area contributed by atoms with Crippen molar-refractivity contribution >= 4 is 34.8 Å². The third-order valence-electron chi connectivity index (χ3n) is 1.18. The van der Waals surface area contributed by atoms with E-state index in [0.29, 0.717) is 20.8 Å². The molecule has 1 aromatic heterocycles. The molecule has 0 aliphatic rings. The Morgan fingerprint density at radius 3 is 2.45 bits per heavy atom. The Bertz CT molecular complexity index is 275. The van der Waals surface area contributed by atoms with Crippen LogP contribution < -0.4 is 5.73 Å². The van der Waals surface area contributed by atoms with Crippen molar-refractivity contribution in [2.75, 3.05) is 0 Å². The molecular formula is C6H5Cl3N2. The van der Waals surface area contributed by atoms with E-state index in [1.165, 1.54) is 6.20 Å². The lowest BCUT2D eigenvalue weighted by Gasteiger charge is -2.02. The summed E-state index contributed by atoms with van der Waals surface area (Å²) in [6.07, 6.45) is 1.43. The summed E-state index contributed by atoms with van der Waals surface area (Å²) in [4.78, 5) is 3.88. The Hall–Kier alpha value is -0.0200.